The van der Waals surface area contributed by atoms with Crippen LogP contribution in [0.5, 0.6) is 5.75 Å². The number of hydrogen-bond donors (Lipinski definition) is 2. The predicted octanol–water partition coefficient (Wildman–Crippen LogP) is 1.88. The van der Waals surface area contributed by atoms with Crippen molar-refractivity contribution in [1.29, 1.82) is 0 Å². The van der Waals surface area contributed by atoms with Crippen LogP contribution in [-0.4, -0.2) is 29.8 Å². The van der Waals surface area contributed by atoms with Gasteiger partial charge in [-0.05, 0) is 25.0 Å². The van der Waals surface area contributed by atoms with Crippen LogP contribution in [0.1, 0.15) is 32.1 Å². The van der Waals surface area contributed by atoms with E-state index in [1.54, 1.807) is 0 Å². The minimum absolute atomic E-state index is 0.0729. The van der Waals surface area contributed by atoms with E-state index in [4.69, 9.17) is 4.74 Å². The van der Waals surface area contributed by atoms with Crippen molar-refractivity contribution in [2.24, 2.45) is 0 Å². The Labute approximate surface area is 113 Å². The molecule has 4 heteroatoms. The van der Waals surface area contributed by atoms with Gasteiger partial charge in [-0.3, -0.25) is 4.79 Å². The Bertz CT molecular complexity index is 399. The van der Waals surface area contributed by atoms with E-state index in [9.17, 15) is 9.90 Å². The maximum Gasteiger partial charge on any atom is 0.223 e. The van der Waals surface area contributed by atoms with Crippen LogP contribution in [0, 0.1) is 0 Å². The molecule has 0 aliphatic heterocycles. The number of ether oxygens (including phenoxy) is 1. The molecule has 1 aromatic carbocycles. The van der Waals surface area contributed by atoms with Gasteiger partial charge in [-0.2, -0.15) is 0 Å². The van der Waals surface area contributed by atoms with E-state index in [2.05, 4.69) is 5.32 Å². The van der Waals surface area contributed by atoms with Crippen molar-refractivity contribution < 1.29 is 14.6 Å². The van der Waals surface area contributed by atoms with Gasteiger partial charge in [0.1, 0.15) is 5.75 Å². The molecule has 0 unspecified atom stereocenters. The molecule has 0 spiro atoms. The lowest BCUT2D eigenvalue weighted by Gasteiger charge is -2.22. The highest BCUT2D eigenvalue weighted by Crippen LogP contribution is 2.28. The number of rotatable bonds is 6. The van der Waals surface area contributed by atoms with Crippen LogP contribution in [0.25, 0.3) is 0 Å². The first-order chi connectivity index (χ1) is 9.18. The lowest BCUT2D eigenvalue weighted by Crippen LogP contribution is -2.41. The van der Waals surface area contributed by atoms with Crippen molar-refractivity contribution in [1.82, 2.24) is 5.32 Å². The summed E-state index contributed by atoms with van der Waals surface area (Å²) in [7, 11) is 0. The highest BCUT2D eigenvalue weighted by molar-refractivity contribution is 5.76. The fraction of sp³-hybridized carbons (Fsp3) is 0.533. The first-order valence-electron chi connectivity index (χ1n) is 6.85. The zero-order chi connectivity index (χ0) is 13.6. The van der Waals surface area contributed by atoms with Gasteiger partial charge in [0.05, 0.1) is 18.6 Å². The summed E-state index contributed by atoms with van der Waals surface area (Å²) in [4.78, 5) is 11.6. The van der Waals surface area contributed by atoms with Gasteiger partial charge in [-0.1, -0.05) is 31.0 Å². The summed E-state index contributed by atoms with van der Waals surface area (Å²) in [5.41, 5.74) is -0.685. The predicted molar refractivity (Wildman–Crippen MR) is 73.0 cm³/mol. The summed E-state index contributed by atoms with van der Waals surface area (Å²) in [5, 5.41) is 12.9. The number of nitrogens with one attached hydrogen (secondary N) is 1. The Hall–Kier alpha value is -1.55. The van der Waals surface area contributed by atoms with E-state index in [0.29, 0.717) is 19.6 Å². The molecule has 1 fully saturated rings. The fourth-order valence-corrected chi connectivity index (χ4v) is 2.34. The van der Waals surface area contributed by atoms with Gasteiger partial charge in [0, 0.05) is 6.54 Å². The minimum Gasteiger partial charge on any atom is -0.493 e. The van der Waals surface area contributed by atoms with E-state index >= 15 is 0 Å². The number of aliphatic hydroxyl groups is 1. The first kappa shape index (κ1) is 13.9. The summed E-state index contributed by atoms with van der Waals surface area (Å²) in [6, 6.07) is 9.43. The lowest BCUT2D eigenvalue weighted by atomic mass is 10.0. The van der Waals surface area contributed by atoms with Gasteiger partial charge in [0.25, 0.3) is 0 Å². The molecule has 1 aliphatic carbocycles. The first-order valence-corrected chi connectivity index (χ1v) is 6.85. The Morgan fingerprint density at radius 1 is 1.26 bits per heavy atom. The third-order valence-electron chi connectivity index (χ3n) is 3.49. The normalized spacial score (nSPS) is 17.1. The number of hydrogen-bond acceptors (Lipinski definition) is 3. The second-order valence-electron chi connectivity index (χ2n) is 5.12. The van der Waals surface area contributed by atoms with Crippen LogP contribution in [0.3, 0.4) is 0 Å². The van der Waals surface area contributed by atoms with E-state index in [1.165, 1.54) is 0 Å². The summed E-state index contributed by atoms with van der Waals surface area (Å²) >= 11 is 0. The molecule has 0 saturated heterocycles. The molecule has 104 valence electrons. The van der Waals surface area contributed by atoms with Gasteiger partial charge in [-0.15, -0.1) is 0 Å². The largest absolute Gasteiger partial charge is 0.493 e. The van der Waals surface area contributed by atoms with Crippen LogP contribution >= 0.6 is 0 Å². The van der Waals surface area contributed by atoms with Gasteiger partial charge in [0.15, 0.2) is 0 Å². The lowest BCUT2D eigenvalue weighted by molar-refractivity contribution is -0.122. The monoisotopic (exact) mass is 263 g/mol. The molecule has 1 amide bonds. The maximum atomic E-state index is 11.6. The second kappa shape index (κ2) is 6.57. The Balaban J connectivity index is 1.62. The van der Waals surface area contributed by atoms with Crippen LogP contribution in [0.4, 0.5) is 0 Å². The molecule has 19 heavy (non-hydrogen) atoms. The third kappa shape index (κ3) is 4.56. The van der Waals surface area contributed by atoms with Crippen LogP contribution < -0.4 is 10.1 Å². The van der Waals surface area contributed by atoms with Crippen molar-refractivity contribution in [3.05, 3.63) is 30.3 Å². The van der Waals surface area contributed by atoms with Crippen molar-refractivity contribution in [3.63, 3.8) is 0 Å². The van der Waals surface area contributed by atoms with E-state index in [1.807, 2.05) is 30.3 Å². The Morgan fingerprint density at radius 2 is 1.95 bits per heavy atom. The summed E-state index contributed by atoms with van der Waals surface area (Å²) in [5.74, 6) is 0.695. The van der Waals surface area contributed by atoms with Crippen LogP contribution in [0.2, 0.25) is 0 Å². The van der Waals surface area contributed by atoms with Crippen LogP contribution in [-0.2, 0) is 4.79 Å². The molecule has 0 atom stereocenters. The van der Waals surface area contributed by atoms with Gasteiger partial charge in [0.2, 0.25) is 5.91 Å². The molecule has 0 bridgehead atoms. The average Bonchev–Trinajstić information content (AvgIpc) is 2.85. The molecule has 1 aliphatic rings. The number of benzene rings is 1. The van der Waals surface area contributed by atoms with Crippen molar-refractivity contribution in [2.45, 2.75) is 37.7 Å². The molecule has 1 saturated carbocycles. The number of amides is 1. The van der Waals surface area contributed by atoms with E-state index in [0.717, 1.165) is 31.4 Å². The molecule has 0 heterocycles. The van der Waals surface area contributed by atoms with Gasteiger partial charge in [-0.25, -0.2) is 0 Å². The van der Waals surface area contributed by atoms with Crippen molar-refractivity contribution in [3.8, 4) is 5.75 Å². The highest BCUT2D eigenvalue weighted by atomic mass is 16.5. The summed E-state index contributed by atoms with van der Waals surface area (Å²) in [6.45, 7) is 0.714. The molecular formula is C15H21NO3. The van der Waals surface area contributed by atoms with E-state index < -0.39 is 5.60 Å². The topological polar surface area (TPSA) is 58.6 Å². The van der Waals surface area contributed by atoms with Crippen molar-refractivity contribution in [2.75, 3.05) is 13.2 Å². The molecular weight excluding hydrogens is 242 g/mol. The van der Waals surface area contributed by atoms with Gasteiger partial charge >= 0.3 is 0 Å². The molecule has 4 nitrogen and oxygen atoms in total. The SMILES string of the molecule is O=C(CCOc1ccccc1)NCC1(O)CCCC1. The Kier molecular flexibility index (Phi) is 4.80. The van der Waals surface area contributed by atoms with Crippen LogP contribution in [0.15, 0.2) is 30.3 Å². The zero-order valence-corrected chi connectivity index (χ0v) is 11.1. The summed E-state index contributed by atoms with van der Waals surface area (Å²) in [6.07, 6.45) is 3.97. The minimum atomic E-state index is -0.685. The number of carbonyl (C=O) groups is 1. The average molecular weight is 263 g/mol. The molecule has 2 N–H and O–H groups in total. The third-order valence-corrected chi connectivity index (χ3v) is 3.49. The summed E-state index contributed by atoms with van der Waals surface area (Å²) < 4.78 is 5.45. The van der Waals surface area contributed by atoms with Gasteiger partial charge < -0.3 is 15.2 Å². The molecule has 1 aromatic rings. The zero-order valence-electron chi connectivity index (χ0n) is 11.1. The number of carbonyl (C=O) groups excluding carboxylic acids is 1. The van der Waals surface area contributed by atoms with E-state index in [-0.39, 0.29) is 5.91 Å². The maximum absolute atomic E-state index is 11.6. The fourth-order valence-electron chi connectivity index (χ4n) is 2.34. The quantitative estimate of drug-likeness (QED) is 0.824. The molecule has 2 rings (SSSR count). The smallest absolute Gasteiger partial charge is 0.223 e. The Morgan fingerprint density at radius 3 is 2.63 bits per heavy atom. The highest BCUT2D eigenvalue weighted by Gasteiger charge is 2.31. The van der Waals surface area contributed by atoms with Crippen molar-refractivity contribution >= 4 is 5.91 Å². The second-order valence-corrected chi connectivity index (χ2v) is 5.12. The molecule has 0 radical (unpaired) electrons. The number of para-hydroxylation sites is 1. The molecule has 0 aromatic heterocycles. The standard InChI is InChI=1S/C15H21NO3/c17-14(16-12-15(18)9-4-5-10-15)8-11-19-13-6-2-1-3-7-13/h1-3,6-7,18H,4-5,8-12H2,(H,16,17).